The van der Waals surface area contributed by atoms with Crippen LogP contribution in [0.5, 0.6) is 0 Å². The molecule has 5 nitrogen and oxygen atoms in total. The first-order valence-electron chi connectivity index (χ1n) is 6.09. The Balaban J connectivity index is 2.15. The van der Waals surface area contributed by atoms with E-state index >= 15 is 0 Å². The first-order valence-corrected chi connectivity index (χ1v) is 6.89. The number of benzene rings is 1. The van der Waals surface area contributed by atoms with Crippen LogP contribution in [0.2, 0.25) is 0 Å². The second-order valence-electron chi connectivity index (χ2n) is 4.29. The molecule has 0 fully saturated rings. The number of nitrogen functional groups attached to an aromatic ring is 1. The van der Waals surface area contributed by atoms with E-state index < -0.39 is 0 Å². The van der Waals surface area contributed by atoms with E-state index in [-0.39, 0.29) is 11.9 Å². The van der Waals surface area contributed by atoms with Gasteiger partial charge in [-0.15, -0.1) is 0 Å². The molecule has 0 saturated heterocycles. The Hall–Kier alpha value is -1.92. The zero-order valence-electron chi connectivity index (χ0n) is 10.9. The number of hydrogen-bond donors (Lipinski definition) is 3. The highest BCUT2D eigenvalue weighted by Crippen LogP contribution is 2.19. The number of halogens is 1. The normalized spacial score (nSPS) is 11.8. The number of nitrogens with zero attached hydrogens (tertiary/aromatic N) is 1. The first kappa shape index (κ1) is 14.5. The first-order chi connectivity index (χ1) is 9.61. The third-order valence-corrected chi connectivity index (χ3v) is 3.38. The molecule has 0 saturated carbocycles. The Labute approximate surface area is 125 Å². The fraction of sp³-hybridized carbons (Fsp3) is 0.143. The number of nitrogens with two attached hydrogens (primary N) is 1. The summed E-state index contributed by atoms with van der Waals surface area (Å²) in [6, 6.07) is 11.0. The smallest absolute Gasteiger partial charge is 0.255 e. The van der Waals surface area contributed by atoms with Gasteiger partial charge in [-0.1, -0.05) is 28.1 Å². The minimum atomic E-state index is -0.224. The Kier molecular flexibility index (Phi) is 4.70. The van der Waals surface area contributed by atoms with Gasteiger partial charge in [-0.25, -0.2) is 10.8 Å². The molecule has 0 radical (unpaired) electrons. The maximum atomic E-state index is 12.2. The van der Waals surface area contributed by atoms with Crippen molar-refractivity contribution >= 4 is 27.7 Å². The van der Waals surface area contributed by atoms with E-state index in [0.29, 0.717) is 11.4 Å². The molecule has 4 N–H and O–H groups in total. The van der Waals surface area contributed by atoms with Gasteiger partial charge in [0.1, 0.15) is 0 Å². The highest BCUT2D eigenvalue weighted by molar-refractivity contribution is 9.10. The number of amides is 1. The van der Waals surface area contributed by atoms with Crippen molar-refractivity contribution in [3.63, 3.8) is 0 Å². The van der Waals surface area contributed by atoms with Crippen LogP contribution in [-0.2, 0) is 0 Å². The standard InChI is InChI=1S/C14H15BrN4O/c1-9(10-4-2-5-11(15)8-10)18-14(20)12-6-3-7-17-13(12)19-16/h2-9H,16H2,1H3,(H,17,19)(H,18,20). The summed E-state index contributed by atoms with van der Waals surface area (Å²) in [6.07, 6.45) is 1.57. The lowest BCUT2D eigenvalue weighted by Crippen LogP contribution is -2.28. The molecule has 6 heteroatoms. The van der Waals surface area contributed by atoms with Crippen molar-refractivity contribution in [3.05, 3.63) is 58.2 Å². The van der Waals surface area contributed by atoms with E-state index in [1.54, 1.807) is 18.3 Å². The lowest BCUT2D eigenvalue weighted by atomic mass is 10.1. The van der Waals surface area contributed by atoms with E-state index in [1.807, 2.05) is 31.2 Å². The Bertz CT molecular complexity index is 618. The fourth-order valence-electron chi connectivity index (χ4n) is 1.84. The second-order valence-corrected chi connectivity index (χ2v) is 5.21. The number of carbonyl (C=O) groups excluding carboxylic acids is 1. The topological polar surface area (TPSA) is 80.0 Å². The molecule has 2 rings (SSSR count). The summed E-state index contributed by atoms with van der Waals surface area (Å²) in [6.45, 7) is 1.92. The molecule has 1 amide bonds. The van der Waals surface area contributed by atoms with Crippen molar-refractivity contribution in [2.75, 3.05) is 5.43 Å². The highest BCUT2D eigenvalue weighted by atomic mass is 79.9. The molecule has 20 heavy (non-hydrogen) atoms. The molecule has 1 aromatic heterocycles. The Morgan fingerprint density at radius 1 is 1.35 bits per heavy atom. The van der Waals surface area contributed by atoms with Crippen molar-refractivity contribution in [2.45, 2.75) is 13.0 Å². The van der Waals surface area contributed by atoms with Crippen molar-refractivity contribution < 1.29 is 4.79 Å². The average molecular weight is 335 g/mol. The Morgan fingerprint density at radius 3 is 2.85 bits per heavy atom. The van der Waals surface area contributed by atoms with Crippen molar-refractivity contribution in [1.29, 1.82) is 0 Å². The van der Waals surface area contributed by atoms with Gasteiger partial charge >= 0.3 is 0 Å². The van der Waals surface area contributed by atoms with Gasteiger partial charge in [0.15, 0.2) is 5.82 Å². The van der Waals surface area contributed by atoms with Crippen LogP contribution in [0.4, 0.5) is 5.82 Å². The minimum Gasteiger partial charge on any atom is -0.345 e. The zero-order chi connectivity index (χ0) is 14.5. The quantitative estimate of drug-likeness (QED) is 0.593. The highest BCUT2D eigenvalue weighted by Gasteiger charge is 2.15. The summed E-state index contributed by atoms with van der Waals surface area (Å²) in [5.74, 6) is 5.48. The van der Waals surface area contributed by atoms with Gasteiger partial charge < -0.3 is 10.7 Å². The average Bonchev–Trinajstić information content (AvgIpc) is 2.47. The van der Waals surface area contributed by atoms with Crippen LogP contribution >= 0.6 is 15.9 Å². The maximum absolute atomic E-state index is 12.2. The molecular formula is C14H15BrN4O. The van der Waals surface area contributed by atoms with Crippen molar-refractivity contribution in [3.8, 4) is 0 Å². The lowest BCUT2D eigenvalue weighted by molar-refractivity contribution is 0.0940. The van der Waals surface area contributed by atoms with Crippen LogP contribution in [0, 0.1) is 0 Å². The zero-order valence-corrected chi connectivity index (χ0v) is 12.5. The molecule has 0 aliphatic carbocycles. The number of hydrazine groups is 1. The second kappa shape index (κ2) is 6.49. The van der Waals surface area contributed by atoms with Gasteiger partial charge in [0.05, 0.1) is 11.6 Å². The SMILES string of the molecule is CC(NC(=O)c1cccnc1NN)c1cccc(Br)c1. The van der Waals surface area contributed by atoms with E-state index in [1.165, 1.54) is 0 Å². The van der Waals surface area contributed by atoms with Crippen LogP contribution in [0.3, 0.4) is 0 Å². The fourth-order valence-corrected chi connectivity index (χ4v) is 2.25. The molecule has 1 atom stereocenters. The number of rotatable bonds is 4. The third kappa shape index (κ3) is 3.34. The van der Waals surface area contributed by atoms with Gasteiger partial charge in [-0.05, 0) is 36.8 Å². The largest absolute Gasteiger partial charge is 0.345 e. The summed E-state index contributed by atoms with van der Waals surface area (Å²) in [4.78, 5) is 16.2. The third-order valence-electron chi connectivity index (χ3n) is 2.89. The molecule has 1 heterocycles. The van der Waals surface area contributed by atoms with Crippen molar-refractivity contribution in [1.82, 2.24) is 10.3 Å². The maximum Gasteiger partial charge on any atom is 0.255 e. The van der Waals surface area contributed by atoms with Crippen LogP contribution < -0.4 is 16.6 Å². The summed E-state index contributed by atoms with van der Waals surface area (Å²) < 4.78 is 0.974. The van der Waals surface area contributed by atoms with Gasteiger partial charge in [0.25, 0.3) is 5.91 Å². The molecule has 2 aromatic rings. The molecule has 1 aromatic carbocycles. The molecule has 0 aliphatic rings. The van der Waals surface area contributed by atoms with Gasteiger partial charge in [-0.3, -0.25) is 4.79 Å². The molecule has 104 valence electrons. The van der Waals surface area contributed by atoms with Crippen LogP contribution in [0.15, 0.2) is 47.1 Å². The van der Waals surface area contributed by atoms with E-state index in [0.717, 1.165) is 10.0 Å². The Morgan fingerprint density at radius 2 is 2.15 bits per heavy atom. The monoisotopic (exact) mass is 334 g/mol. The van der Waals surface area contributed by atoms with Crippen LogP contribution in [0.1, 0.15) is 28.9 Å². The number of anilines is 1. The summed E-state index contributed by atoms with van der Waals surface area (Å²) in [5.41, 5.74) is 3.85. The summed E-state index contributed by atoms with van der Waals surface area (Å²) >= 11 is 3.42. The number of carbonyl (C=O) groups is 1. The van der Waals surface area contributed by atoms with E-state index in [4.69, 9.17) is 5.84 Å². The number of aromatic nitrogens is 1. The minimum absolute atomic E-state index is 0.120. The van der Waals surface area contributed by atoms with Crippen LogP contribution in [-0.4, -0.2) is 10.9 Å². The predicted molar refractivity (Wildman–Crippen MR) is 82.1 cm³/mol. The molecule has 0 bridgehead atoms. The summed E-state index contributed by atoms with van der Waals surface area (Å²) in [7, 11) is 0. The van der Waals surface area contributed by atoms with Gasteiger partial charge in [-0.2, -0.15) is 0 Å². The predicted octanol–water partition coefficient (Wildman–Crippen LogP) is 2.62. The number of hydrogen-bond acceptors (Lipinski definition) is 4. The number of nitrogens with one attached hydrogen (secondary N) is 2. The molecule has 0 aliphatic heterocycles. The van der Waals surface area contributed by atoms with E-state index in [9.17, 15) is 4.79 Å². The molecule has 0 spiro atoms. The summed E-state index contributed by atoms with van der Waals surface area (Å²) in [5, 5.41) is 2.92. The molecule has 1 unspecified atom stereocenters. The molecular weight excluding hydrogens is 320 g/mol. The van der Waals surface area contributed by atoms with Crippen LogP contribution in [0.25, 0.3) is 0 Å². The van der Waals surface area contributed by atoms with Gasteiger partial charge in [0.2, 0.25) is 0 Å². The van der Waals surface area contributed by atoms with E-state index in [2.05, 4.69) is 31.7 Å². The lowest BCUT2D eigenvalue weighted by Gasteiger charge is -2.15. The van der Waals surface area contributed by atoms with Crippen molar-refractivity contribution in [2.24, 2.45) is 5.84 Å². The van der Waals surface area contributed by atoms with Gasteiger partial charge in [0, 0.05) is 10.7 Å². The number of pyridine rings is 1.